The van der Waals surface area contributed by atoms with Crippen molar-refractivity contribution in [3.8, 4) is 0 Å². The van der Waals surface area contributed by atoms with E-state index in [4.69, 9.17) is 9.26 Å². The Kier molecular flexibility index (Phi) is 7.49. The number of hydroxylamine groups is 1. The molecule has 0 bridgehead atoms. The first-order valence-electron chi connectivity index (χ1n) is 11.8. The van der Waals surface area contributed by atoms with Gasteiger partial charge in [0.15, 0.2) is 0 Å². The van der Waals surface area contributed by atoms with E-state index in [0.717, 1.165) is 15.9 Å². The van der Waals surface area contributed by atoms with E-state index in [-0.39, 0.29) is 11.6 Å². The lowest BCUT2D eigenvalue weighted by Crippen LogP contribution is -2.69. The van der Waals surface area contributed by atoms with Gasteiger partial charge in [-0.3, -0.25) is 4.53 Å². The van der Waals surface area contributed by atoms with Gasteiger partial charge in [0, 0.05) is 0 Å². The molecule has 0 aliphatic rings. The van der Waals surface area contributed by atoms with Crippen molar-refractivity contribution in [2.45, 2.75) is 32.4 Å². The molecule has 0 fully saturated rings. The van der Waals surface area contributed by atoms with Gasteiger partial charge < -0.3 is 4.74 Å². The minimum absolute atomic E-state index is 0.160. The highest BCUT2D eigenvalue weighted by molar-refractivity contribution is 6.99. The van der Waals surface area contributed by atoms with Gasteiger partial charge in [-0.05, 0) is 33.1 Å². The van der Waals surface area contributed by atoms with Crippen LogP contribution in [0.3, 0.4) is 0 Å². The second-order valence-corrected chi connectivity index (χ2v) is 13.6. The van der Waals surface area contributed by atoms with Crippen molar-refractivity contribution in [2.24, 2.45) is 0 Å². The third-order valence-electron chi connectivity index (χ3n) is 6.01. The zero-order valence-electron chi connectivity index (χ0n) is 20.4. The van der Waals surface area contributed by atoms with E-state index in [2.05, 4.69) is 45.0 Å². The van der Waals surface area contributed by atoms with E-state index in [0.29, 0.717) is 5.69 Å². The summed E-state index contributed by atoms with van der Waals surface area (Å²) in [4.78, 5) is 13.6. The third kappa shape index (κ3) is 5.37. The number of hydrogen-bond donors (Lipinski definition) is 0. The van der Waals surface area contributed by atoms with Crippen LogP contribution in [0.5, 0.6) is 0 Å². The monoisotopic (exact) mass is 481 g/mol. The van der Waals surface area contributed by atoms with Crippen LogP contribution in [0.25, 0.3) is 0 Å². The Hall–Kier alpha value is -3.67. The average molecular weight is 482 g/mol. The molecular weight excluding hydrogens is 450 g/mol. The summed E-state index contributed by atoms with van der Waals surface area (Å²) in [7, 11) is -3.04. The largest absolute Gasteiger partial charge is 0.443 e. The number of amides is 1. The molecule has 4 aromatic rings. The SMILES string of the molecule is CC(C)(C)[Si](ON(C(=O)OCc1ccccc1)c1ccccc1)(c1ccccc1)c1ccccc1. The van der Waals surface area contributed by atoms with Crippen LogP contribution >= 0.6 is 0 Å². The van der Waals surface area contributed by atoms with Crippen LogP contribution in [0.4, 0.5) is 10.5 Å². The predicted molar refractivity (Wildman–Crippen MR) is 144 cm³/mol. The Labute approximate surface area is 208 Å². The Morgan fingerprint density at radius 1 is 0.686 bits per heavy atom. The zero-order chi connectivity index (χ0) is 24.7. The van der Waals surface area contributed by atoms with Crippen LogP contribution in [-0.4, -0.2) is 14.4 Å². The standard InChI is InChI=1S/C30H31NO3Si/c1-30(2,3)35(27-20-12-6-13-21-27,28-22-14-7-15-23-28)34-31(26-18-10-5-11-19-26)29(32)33-24-25-16-8-4-9-17-25/h4-23H,24H2,1-3H3. The lowest BCUT2D eigenvalue weighted by atomic mass is 10.2. The minimum atomic E-state index is -3.04. The van der Waals surface area contributed by atoms with Gasteiger partial charge in [0.05, 0.1) is 5.69 Å². The van der Waals surface area contributed by atoms with E-state index in [9.17, 15) is 4.79 Å². The highest BCUT2D eigenvalue weighted by atomic mass is 28.4. The molecule has 4 rings (SSSR count). The fourth-order valence-electron chi connectivity index (χ4n) is 4.29. The zero-order valence-corrected chi connectivity index (χ0v) is 21.4. The first kappa shape index (κ1) is 24.5. The van der Waals surface area contributed by atoms with Crippen LogP contribution < -0.4 is 15.4 Å². The Morgan fingerprint density at radius 3 is 1.57 bits per heavy atom. The first-order chi connectivity index (χ1) is 16.9. The van der Waals surface area contributed by atoms with Crippen molar-refractivity contribution in [2.75, 3.05) is 5.06 Å². The number of carbonyl (C=O) groups excluding carboxylic acids is 1. The molecule has 0 saturated carbocycles. The topological polar surface area (TPSA) is 38.8 Å². The summed E-state index contributed by atoms with van der Waals surface area (Å²) in [6.45, 7) is 6.69. The van der Waals surface area contributed by atoms with Crippen molar-refractivity contribution in [1.82, 2.24) is 0 Å². The van der Waals surface area contributed by atoms with Crippen molar-refractivity contribution in [3.63, 3.8) is 0 Å². The summed E-state index contributed by atoms with van der Waals surface area (Å²) < 4.78 is 12.8. The molecule has 35 heavy (non-hydrogen) atoms. The maximum absolute atomic E-state index is 13.6. The van der Waals surface area contributed by atoms with Crippen molar-refractivity contribution in [1.29, 1.82) is 0 Å². The lowest BCUT2D eigenvalue weighted by Gasteiger charge is -2.44. The average Bonchev–Trinajstić information content (AvgIpc) is 2.89. The van der Waals surface area contributed by atoms with Crippen LogP contribution in [-0.2, 0) is 15.9 Å². The van der Waals surface area contributed by atoms with E-state index in [1.165, 1.54) is 5.06 Å². The summed E-state index contributed by atoms with van der Waals surface area (Å²) in [5, 5.41) is 3.20. The quantitative estimate of drug-likeness (QED) is 0.229. The van der Waals surface area contributed by atoms with Gasteiger partial charge in [-0.25, -0.2) is 4.79 Å². The number of hydrogen-bond acceptors (Lipinski definition) is 3. The molecule has 0 saturated heterocycles. The van der Waals surface area contributed by atoms with Crippen LogP contribution in [0.2, 0.25) is 5.04 Å². The second kappa shape index (κ2) is 10.7. The number of carbonyl (C=O) groups is 1. The fraction of sp³-hybridized carbons (Fsp3) is 0.167. The van der Waals surface area contributed by atoms with Crippen molar-refractivity contribution in [3.05, 3.63) is 127 Å². The van der Waals surface area contributed by atoms with Crippen LogP contribution in [0.1, 0.15) is 26.3 Å². The summed E-state index contributed by atoms with van der Waals surface area (Å²) in [5.74, 6) is 0. The second-order valence-electron chi connectivity index (χ2n) is 9.42. The molecule has 178 valence electrons. The van der Waals surface area contributed by atoms with Gasteiger partial charge in [0.1, 0.15) is 6.61 Å². The molecule has 0 spiro atoms. The molecule has 0 aliphatic heterocycles. The maximum Gasteiger partial charge on any atom is 0.438 e. The molecule has 4 aromatic carbocycles. The van der Waals surface area contributed by atoms with Gasteiger partial charge >= 0.3 is 6.09 Å². The molecule has 4 nitrogen and oxygen atoms in total. The highest BCUT2D eigenvalue weighted by Gasteiger charge is 2.53. The third-order valence-corrected chi connectivity index (χ3v) is 10.9. The molecule has 5 heteroatoms. The molecule has 1 amide bonds. The maximum atomic E-state index is 13.6. The number of anilines is 1. The molecule has 0 aliphatic carbocycles. The van der Waals surface area contributed by atoms with Crippen LogP contribution in [0, 0.1) is 0 Å². The Morgan fingerprint density at radius 2 is 1.11 bits per heavy atom. The molecule has 0 heterocycles. The smallest absolute Gasteiger partial charge is 0.438 e. The summed E-state index contributed by atoms with van der Waals surface area (Å²) >= 11 is 0. The number of benzene rings is 4. The van der Waals surface area contributed by atoms with Crippen molar-refractivity contribution < 1.29 is 14.1 Å². The van der Waals surface area contributed by atoms with Gasteiger partial charge in [-0.1, -0.05) is 130 Å². The van der Waals surface area contributed by atoms with Gasteiger partial charge in [0.2, 0.25) is 0 Å². The minimum Gasteiger partial charge on any atom is -0.443 e. The first-order valence-corrected chi connectivity index (χ1v) is 13.7. The number of nitrogens with zero attached hydrogens (tertiary/aromatic N) is 1. The molecular formula is C30H31NO3Si. The highest BCUT2D eigenvalue weighted by Crippen LogP contribution is 2.38. The number of ether oxygens (including phenoxy) is 1. The number of rotatable bonds is 7. The Bertz CT molecular complexity index is 1170. The molecule has 0 aromatic heterocycles. The van der Waals surface area contributed by atoms with E-state index in [1.807, 2.05) is 97.1 Å². The molecule has 0 atom stereocenters. The molecule has 0 unspecified atom stereocenters. The fourth-order valence-corrected chi connectivity index (χ4v) is 8.62. The summed E-state index contributed by atoms with van der Waals surface area (Å²) in [6.07, 6.45) is -0.548. The molecule has 0 radical (unpaired) electrons. The van der Waals surface area contributed by atoms with E-state index >= 15 is 0 Å². The van der Waals surface area contributed by atoms with E-state index < -0.39 is 14.4 Å². The lowest BCUT2D eigenvalue weighted by molar-refractivity contribution is 0.118. The predicted octanol–water partition coefficient (Wildman–Crippen LogP) is 6.32. The summed E-state index contributed by atoms with van der Waals surface area (Å²) in [5.41, 5.74) is 1.54. The van der Waals surface area contributed by atoms with Crippen LogP contribution in [0.15, 0.2) is 121 Å². The van der Waals surface area contributed by atoms with E-state index in [1.54, 1.807) is 0 Å². The normalized spacial score (nSPS) is 11.6. The number of para-hydroxylation sites is 1. The van der Waals surface area contributed by atoms with Gasteiger partial charge in [-0.15, -0.1) is 0 Å². The Balaban J connectivity index is 1.81. The van der Waals surface area contributed by atoms with Gasteiger partial charge in [-0.2, -0.15) is 5.06 Å². The van der Waals surface area contributed by atoms with Gasteiger partial charge in [0.25, 0.3) is 8.32 Å². The van der Waals surface area contributed by atoms with Crippen molar-refractivity contribution >= 4 is 30.5 Å². The molecule has 0 N–H and O–H groups in total. The summed E-state index contributed by atoms with van der Waals surface area (Å²) in [6, 6.07) is 39.6.